The number of hydrogen-bond acceptors (Lipinski definition) is 3. The van der Waals surface area contributed by atoms with E-state index in [0.717, 1.165) is 0 Å². The van der Waals surface area contributed by atoms with Crippen LogP contribution < -0.4 is 5.73 Å². The normalized spacial score (nSPS) is 10.8. The van der Waals surface area contributed by atoms with E-state index in [2.05, 4.69) is 4.98 Å². The monoisotopic (exact) mass is 234 g/mol. The number of carboxylic acid groups (broad SMARTS) is 1. The summed E-state index contributed by atoms with van der Waals surface area (Å²) in [5.41, 5.74) is 3.91. The molecule has 0 amide bonds. The van der Waals surface area contributed by atoms with Crippen molar-refractivity contribution in [1.82, 2.24) is 4.98 Å². The van der Waals surface area contributed by atoms with Crippen molar-refractivity contribution >= 4 is 5.97 Å². The van der Waals surface area contributed by atoms with E-state index < -0.39 is 30.2 Å². The van der Waals surface area contributed by atoms with Gasteiger partial charge in [0, 0.05) is 18.3 Å². The van der Waals surface area contributed by atoms with Gasteiger partial charge in [-0.3, -0.25) is 9.78 Å². The predicted molar refractivity (Wildman–Crippen MR) is 48.4 cm³/mol. The van der Waals surface area contributed by atoms with Crippen LogP contribution in [0.4, 0.5) is 13.2 Å². The average Bonchev–Trinajstić information content (AvgIpc) is 2.16. The van der Waals surface area contributed by atoms with Crippen molar-refractivity contribution < 1.29 is 23.1 Å². The molecule has 1 aromatic rings. The molecule has 7 heteroatoms. The Balaban J connectivity index is 3.23. The minimum atomic E-state index is -3.00. The molecule has 4 nitrogen and oxygen atoms in total. The molecule has 0 aliphatic carbocycles. The molecule has 0 atom stereocenters. The number of pyridine rings is 1. The number of nitrogens with zero attached hydrogens (tertiary/aromatic N) is 1. The number of carboxylic acids is 1. The summed E-state index contributed by atoms with van der Waals surface area (Å²) < 4.78 is 38.0. The van der Waals surface area contributed by atoms with Crippen LogP contribution >= 0.6 is 0 Å². The van der Waals surface area contributed by atoms with Crippen LogP contribution in [-0.4, -0.2) is 16.1 Å². The maximum absolute atomic E-state index is 13.4. The van der Waals surface area contributed by atoms with Gasteiger partial charge in [0.2, 0.25) is 0 Å². The highest BCUT2D eigenvalue weighted by atomic mass is 19.3. The van der Waals surface area contributed by atoms with Gasteiger partial charge in [-0.1, -0.05) is 0 Å². The van der Waals surface area contributed by atoms with Crippen LogP contribution in [0.3, 0.4) is 0 Å². The molecule has 1 aromatic heterocycles. The first kappa shape index (κ1) is 12.4. The lowest BCUT2D eigenvalue weighted by atomic mass is 10.1. The molecule has 0 saturated heterocycles. The molecule has 0 fully saturated rings. The Morgan fingerprint density at radius 1 is 1.56 bits per heavy atom. The first-order valence-corrected chi connectivity index (χ1v) is 4.33. The lowest BCUT2D eigenvalue weighted by Crippen LogP contribution is -2.13. The zero-order valence-electron chi connectivity index (χ0n) is 8.08. The highest BCUT2D eigenvalue weighted by Gasteiger charge is 2.20. The van der Waals surface area contributed by atoms with Crippen LogP contribution in [0.15, 0.2) is 6.20 Å². The lowest BCUT2D eigenvalue weighted by Gasteiger charge is -2.09. The molecule has 0 bridgehead atoms. The van der Waals surface area contributed by atoms with Gasteiger partial charge in [-0.05, 0) is 0 Å². The van der Waals surface area contributed by atoms with Gasteiger partial charge in [-0.2, -0.15) is 0 Å². The fourth-order valence-electron chi connectivity index (χ4n) is 1.24. The Morgan fingerprint density at radius 3 is 2.62 bits per heavy atom. The third-order valence-electron chi connectivity index (χ3n) is 1.98. The highest BCUT2D eigenvalue weighted by Crippen LogP contribution is 2.24. The third-order valence-corrected chi connectivity index (χ3v) is 1.98. The molecule has 1 heterocycles. The zero-order valence-corrected chi connectivity index (χ0v) is 8.08. The molecule has 0 saturated carbocycles. The summed E-state index contributed by atoms with van der Waals surface area (Å²) in [6.07, 6.45) is -2.92. The second kappa shape index (κ2) is 4.93. The molecular formula is C9H9F3N2O2. The Morgan fingerprint density at radius 2 is 2.19 bits per heavy atom. The van der Waals surface area contributed by atoms with Gasteiger partial charge >= 0.3 is 5.97 Å². The zero-order chi connectivity index (χ0) is 12.3. The van der Waals surface area contributed by atoms with E-state index in [1.807, 2.05) is 0 Å². The maximum Gasteiger partial charge on any atom is 0.309 e. The first-order valence-electron chi connectivity index (χ1n) is 4.33. The number of hydrogen-bond donors (Lipinski definition) is 2. The fraction of sp³-hybridized carbons (Fsp3) is 0.333. The summed E-state index contributed by atoms with van der Waals surface area (Å²) in [5.74, 6) is -2.41. The van der Waals surface area contributed by atoms with E-state index in [1.165, 1.54) is 0 Å². The quantitative estimate of drug-likeness (QED) is 0.821. The van der Waals surface area contributed by atoms with Gasteiger partial charge in [0.05, 0.1) is 17.7 Å². The summed E-state index contributed by atoms with van der Waals surface area (Å²) in [7, 11) is 0. The van der Waals surface area contributed by atoms with Crippen molar-refractivity contribution in [3.8, 4) is 0 Å². The van der Waals surface area contributed by atoms with Crippen LogP contribution in [0.5, 0.6) is 0 Å². The molecule has 16 heavy (non-hydrogen) atoms. The van der Waals surface area contributed by atoms with Crippen molar-refractivity contribution in [1.29, 1.82) is 0 Å². The lowest BCUT2D eigenvalue weighted by molar-refractivity contribution is -0.136. The molecule has 0 aliphatic heterocycles. The van der Waals surface area contributed by atoms with E-state index in [0.29, 0.717) is 6.20 Å². The predicted octanol–water partition coefficient (Wildman–Crippen LogP) is 1.24. The Labute approximate surface area is 88.9 Å². The van der Waals surface area contributed by atoms with Crippen LogP contribution in [0.25, 0.3) is 0 Å². The molecule has 0 spiro atoms. The Bertz CT molecular complexity index is 410. The van der Waals surface area contributed by atoms with E-state index in [9.17, 15) is 18.0 Å². The third kappa shape index (κ3) is 2.48. The number of nitrogens with two attached hydrogens (primary N) is 1. The summed E-state index contributed by atoms with van der Waals surface area (Å²) in [6, 6.07) is 0. The molecule has 88 valence electrons. The van der Waals surface area contributed by atoms with Gasteiger partial charge in [0.25, 0.3) is 6.43 Å². The van der Waals surface area contributed by atoms with Crippen molar-refractivity contribution in [2.75, 3.05) is 0 Å². The second-order valence-electron chi connectivity index (χ2n) is 3.03. The summed E-state index contributed by atoms with van der Waals surface area (Å²) in [6.45, 7) is -0.373. The largest absolute Gasteiger partial charge is 0.481 e. The first-order chi connectivity index (χ1) is 7.47. The molecule has 0 unspecified atom stereocenters. The van der Waals surface area contributed by atoms with Gasteiger partial charge in [-0.15, -0.1) is 0 Å². The van der Waals surface area contributed by atoms with Crippen molar-refractivity contribution in [3.05, 3.63) is 28.8 Å². The standard InChI is InChI=1S/C9H9F3N2O2/c10-8-4(2-13)6(1-7(15)16)14-3-5(8)9(11)12/h3,9H,1-2,13H2,(H,15,16). The SMILES string of the molecule is NCc1c(CC(=O)O)ncc(C(F)F)c1F. The molecular weight excluding hydrogens is 225 g/mol. The molecule has 1 rings (SSSR count). The minimum absolute atomic E-state index is 0.128. The van der Waals surface area contributed by atoms with E-state index in [-0.39, 0.29) is 17.8 Å². The summed E-state index contributed by atoms with van der Waals surface area (Å²) in [4.78, 5) is 13.9. The summed E-state index contributed by atoms with van der Waals surface area (Å²) in [5, 5.41) is 8.50. The molecule has 3 N–H and O–H groups in total. The summed E-state index contributed by atoms with van der Waals surface area (Å²) >= 11 is 0. The number of carbonyl (C=O) groups is 1. The van der Waals surface area contributed by atoms with Crippen molar-refractivity contribution in [2.45, 2.75) is 19.4 Å². The average molecular weight is 234 g/mol. The number of halogens is 3. The van der Waals surface area contributed by atoms with Gasteiger partial charge in [-0.25, -0.2) is 13.2 Å². The smallest absolute Gasteiger partial charge is 0.309 e. The number of alkyl halides is 2. The van der Waals surface area contributed by atoms with Gasteiger partial charge in [0.15, 0.2) is 0 Å². The maximum atomic E-state index is 13.4. The Hall–Kier alpha value is -1.63. The van der Waals surface area contributed by atoms with Crippen LogP contribution in [0.2, 0.25) is 0 Å². The van der Waals surface area contributed by atoms with Gasteiger partial charge in [0.1, 0.15) is 5.82 Å². The van der Waals surface area contributed by atoms with Crippen molar-refractivity contribution in [3.63, 3.8) is 0 Å². The van der Waals surface area contributed by atoms with Crippen molar-refractivity contribution in [2.24, 2.45) is 5.73 Å². The number of aromatic nitrogens is 1. The molecule has 0 aliphatic rings. The number of aliphatic carboxylic acids is 1. The highest BCUT2D eigenvalue weighted by molar-refractivity contribution is 5.70. The van der Waals surface area contributed by atoms with E-state index >= 15 is 0 Å². The molecule has 0 radical (unpaired) electrons. The topological polar surface area (TPSA) is 76.2 Å². The van der Waals surface area contributed by atoms with Crippen LogP contribution in [0.1, 0.15) is 23.2 Å². The van der Waals surface area contributed by atoms with Crippen LogP contribution in [0, 0.1) is 5.82 Å². The van der Waals surface area contributed by atoms with E-state index in [4.69, 9.17) is 10.8 Å². The fourth-order valence-corrected chi connectivity index (χ4v) is 1.24. The molecule has 0 aromatic carbocycles. The van der Waals surface area contributed by atoms with E-state index in [1.54, 1.807) is 0 Å². The Kier molecular flexibility index (Phi) is 3.83. The van der Waals surface area contributed by atoms with Gasteiger partial charge < -0.3 is 10.8 Å². The van der Waals surface area contributed by atoms with Crippen LogP contribution in [-0.2, 0) is 17.8 Å². The number of rotatable bonds is 4. The minimum Gasteiger partial charge on any atom is -0.481 e. The second-order valence-corrected chi connectivity index (χ2v) is 3.03.